The van der Waals surface area contributed by atoms with E-state index in [1.54, 1.807) is 30.5 Å². The minimum atomic E-state index is -0.295. The van der Waals surface area contributed by atoms with E-state index in [1.165, 1.54) is 6.20 Å². The van der Waals surface area contributed by atoms with Crippen LogP contribution in [0.3, 0.4) is 0 Å². The molecule has 6 heteroatoms. The van der Waals surface area contributed by atoms with Crippen molar-refractivity contribution in [3.05, 3.63) is 42.4 Å². The predicted octanol–water partition coefficient (Wildman–Crippen LogP) is 1.38. The van der Waals surface area contributed by atoms with Crippen molar-refractivity contribution >= 4 is 23.1 Å². The summed E-state index contributed by atoms with van der Waals surface area (Å²) in [6, 6.07) is 6.77. The van der Waals surface area contributed by atoms with Gasteiger partial charge in [0.2, 0.25) is 0 Å². The second-order valence-electron chi connectivity index (χ2n) is 4.20. The highest BCUT2D eigenvalue weighted by Crippen LogP contribution is 2.20. The summed E-state index contributed by atoms with van der Waals surface area (Å²) < 4.78 is 0. The summed E-state index contributed by atoms with van der Waals surface area (Å²) in [5.74, 6) is 0.391. The fourth-order valence-corrected chi connectivity index (χ4v) is 1.58. The van der Waals surface area contributed by atoms with Crippen LogP contribution in [0.5, 0.6) is 0 Å². The maximum absolute atomic E-state index is 12.0. The number of aromatic nitrogens is 2. The standard InChI is InChI=1S/C13H15N5O/c1-18(2)12-10(4-3-7-15-12)17-13(19)11-6-5-9(14)8-16-11/h3-8H,14H2,1-2H3,(H,17,19). The number of nitrogens with two attached hydrogens (primary N) is 1. The smallest absolute Gasteiger partial charge is 0.274 e. The molecule has 0 atom stereocenters. The average molecular weight is 257 g/mol. The van der Waals surface area contributed by atoms with Gasteiger partial charge in [0.25, 0.3) is 5.91 Å². The van der Waals surface area contributed by atoms with Crippen LogP contribution in [0.15, 0.2) is 36.7 Å². The molecule has 3 N–H and O–H groups in total. The van der Waals surface area contributed by atoms with Gasteiger partial charge in [-0.3, -0.25) is 4.79 Å². The first-order valence-corrected chi connectivity index (χ1v) is 5.73. The Morgan fingerprint density at radius 2 is 2.05 bits per heavy atom. The molecule has 0 aromatic carbocycles. The average Bonchev–Trinajstić information content (AvgIpc) is 2.39. The third kappa shape index (κ3) is 2.98. The van der Waals surface area contributed by atoms with Gasteiger partial charge in [-0.25, -0.2) is 9.97 Å². The highest BCUT2D eigenvalue weighted by atomic mass is 16.1. The van der Waals surface area contributed by atoms with Crippen molar-refractivity contribution in [3.63, 3.8) is 0 Å². The Hall–Kier alpha value is -2.63. The van der Waals surface area contributed by atoms with Crippen molar-refractivity contribution < 1.29 is 4.79 Å². The second kappa shape index (κ2) is 5.34. The zero-order chi connectivity index (χ0) is 13.8. The zero-order valence-electron chi connectivity index (χ0n) is 10.8. The number of pyridine rings is 2. The molecule has 0 bridgehead atoms. The Labute approximate surface area is 111 Å². The molecule has 0 unspecified atom stereocenters. The maximum atomic E-state index is 12.0. The molecule has 6 nitrogen and oxygen atoms in total. The number of rotatable bonds is 3. The molecule has 2 aromatic rings. The largest absolute Gasteiger partial charge is 0.397 e. The van der Waals surface area contributed by atoms with Crippen molar-refractivity contribution in [1.29, 1.82) is 0 Å². The highest BCUT2D eigenvalue weighted by molar-refractivity contribution is 6.04. The van der Waals surface area contributed by atoms with E-state index in [0.717, 1.165) is 0 Å². The third-order valence-electron chi connectivity index (χ3n) is 2.48. The van der Waals surface area contributed by atoms with E-state index in [4.69, 9.17) is 5.73 Å². The van der Waals surface area contributed by atoms with Crippen LogP contribution in [0.25, 0.3) is 0 Å². The van der Waals surface area contributed by atoms with Gasteiger partial charge in [0, 0.05) is 20.3 Å². The molecular formula is C13H15N5O. The third-order valence-corrected chi connectivity index (χ3v) is 2.48. The number of hydrogen-bond acceptors (Lipinski definition) is 5. The van der Waals surface area contributed by atoms with E-state index in [1.807, 2.05) is 19.0 Å². The number of carbonyl (C=O) groups is 1. The normalized spacial score (nSPS) is 10.0. The Morgan fingerprint density at radius 1 is 1.26 bits per heavy atom. The molecule has 2 heterocycles. The van der Waals surface area contributed by atoms with Crippen LogP contribution in [0.4, 0.5) is 17.2 Å². The monoisotopic (exact) mass is 257 g/mol. The molecule has 0 aliphatic carbocycles. The van der Waals surface area contributed by atoms with Gasteiger partial charge in [0.15, 0.2) is 5.82 Å². The predicted molar refractivity (Wildman–Crippen MR) is 75.2 cm³/mol. The van der Waals surface area contributed by atoms with Crippen LogP contribution in [-0.2, 0) is 0 Å². The van der Waals surface area contributed by atoms with Gasteiger partial charge in [-0.15, -0.1) is 0 Å². The quantitative estimate of drug-likeness (QED) is 0.867. The Morgan fingerprint density at radius 3 is 2.68 bits per heavy atom. The summed E-state index contributed by atoms with van der Waals surface area (Å²) in [6.45, 7) is 0. The zero-order valence-corrected chi connectivity index (χ0v) is 10.8. The molecule has 0 radical (unpaired) electrons. The topological polar surface area (TPSA) is 84.1 Å². The number of hydrogen-bond donors (Lipinski definition) is 2. The van der Waals surface area contributed by atoms with Crippen molar-refractivity contribution in [2.75, 3.05) is 30.0 Å². The number of amides is 1. The van der Waals surface area contributed by atoms with Crippen LogP contribution in [0, 0.1) is 0 Å². The van der Waals surface area contributed by atoms with Crippen LogP contribution in [0.1, 0.15) is 10.5 Å². The molecule has 2 rings (SSSR count). The summed E-state index contributed by atoms with van der Waals surface area (Å²) >= 11 is 0. The van der Waals surface area contributed by atoms with Gasteiger partial charge in [-0.1, -0.05) is 0 Å². The number of nitrogens with one attached hydrogen (secondary N) is 1. The number of nitrogen functional groups attached to an aromatic ring is 1. The molecule has 0 saturated carbocycles. The molecule has 19 heavy (non-hydrogen) atoms. The van der Waals surface area contributed by atoms with Gasteiger partial charge in [0.05, 0.1) is 17.6 Å². The number of nitrogens with zero attached hydrogens (tertiary/aromatic N) is 3. The molecule has 0 saturated heterocycles. The first kappa shape index (κ1) is 12.8. The molecule has 0 fully saturated rings. The minimum Gasteiger partial charge on any atom is -0.397 e. The lowest BCUT2D eigenvalue weighted by atomic mass is 10.3. The van der Waals surface area contributed by atoms with Crippen molar-refractivity contribution in [3.8, 4) is 0 Å². The second-order valence-corrected chi connectivity index (χ2v) is 4.20. The fraction of sp³-hybridized carbons (Fsp3) is 0.154. The molecule has 98 valence electrons. The van der Waals surface area contributed by atoms with E-state index < -0.39 is 0 Å². The van der Waals surface area contributed by atoms with E-state index in [2.05, 4.69) is 15.3 Å². The minimum absolute atomic E-state index is 0.295. The fourth-order valence-electron chi connectivity index (χ4n) is 1.58. The van der Waals surface area contributed by atoms with Gasteiger partial charge in [-0.2, -0.15) is 0 Å². The van der Waals surface area contributed by atoms with E-state index in [9.17, 15) is 4.79 Å². The van der Waals surface area contributed by atoms with Crippen LogP contribution in [0.2, 0.25) is 0 Å². The van der Waals surface area contributed by atoms with E-state index in [0.29, 0.717) is 22.9 Å². The Balaban J connectivity index is 2.22. The lowest BCUT2D eigenvalue weighted by Crippen LogP contribution is -2.18. The lowest BCUT2D eigenvalue weighted by Gasteiger charge is -2.16. The van der Waals surface area contributed by atoms with Crippen LogP contribution >= 0.6 is 0 Å². The molecule has 0 aliphatic rings. The van der Waals surface area contributed by atoms with Crippen LogP contribution < -0.4 is 16.0 Å². The van der Waals surface area contributed by atoms with Gasteiger partial charge < -0.3 is 16.0 Å². The van der Waals surface area contributed by atoms with Crippen LogP contribution in [-0.4, -0.2) is 30.0 Å². The number of anilines is 3. The molecule has 1 amide bonds. The summed E-state index contributed by atoms with van der Waals surface area (Å²) in [5, 5.41) is 2.78. The van der Waals surface area contributed by atoms with Crippen molar-refractivity contribution in [1.82, 2.24) is 9.97 Å². The van der Waals surface area contributed by atoms with Gasteiger partial charge >= 0.3 is 0 Å². The maximum Gasteiger partial charge on any atom is 0.274 e. The van der Waals surface area contributed by atoms with Crippen molar-refractivity contribution in [2.24, 2.45) is 0 Å². The Bertz CT molecular complexity index is 580. The summed E-state index contributed by atoms with van der Waals surface area (Å²) in [7, 11) is 3.72. The first-order chi connectivity index (χ1) is 9.08. The summed E-state index contributed by atoms with van der Waals surface area (Å²) in [4.78, 5) is 22.1. The lowest BCUT2D eigenvalue weighted by molar-refractivity contribution is 0.102. The van der Waals surface area contributed by atoms with Gasteiger partial charge in [-0.05, 0) is 24.3 Å². The molecule has 0 spiro atoms. The van der Waals surface area contributed by atoms with Crippen molar-refractivity contribution in [2.45, 2.75) is 0 Å². The number of carbonyl (C=O) groups excluding carboxylic acids is 1. The summed E-state index contributed by atoms with van der Waals surface area (Å²) in [5.41, 5.74) is 7.00. The summed E-state index contributed by atoms with van der Waals surface area (Å²) in [6.07, 6.45) is 3.12. The van der Waals surface area contributed by atoms with E-state index >= 15 is 0 Å². The first-order valence-electron chi connectivity index (χ1n) is 5.73. The molecule has 0 aliphatic heterocycles. The highest BCUT2D eigenvalue weighted by Gasteiger charge is 2.11. The van der Waals surface area contributed by atoms with Gasteiger partial charge in [0.1, 0.15) is 5.69 Å². The SMILES string of the molecule is CN(C)c1ncccc1NC(=O)c1ccc(N)cn1. The molecule has 2 aromatic heterocycles. The Kier molecular flexibility index (Phi) is 3.61. The molecular weight excluding hydrogens is 242 g/mol. The van der Waals surface area contributed by atoms with E-state index in [-0.39, 0.29) is 5.91 Å².